The van der Waals surface area contributed by atoms with E-state index in [2.05, 4.69) is 0 Å². The molecule has 0 aromatic heterocycles. The third-order valence-corrected chi connectivity index (χ3v) is 4.96. The number of hydrogen-bond acceptors (Lipinski definition) is 5. The van der Waals surface area contributed by atoms with Crippen molar-refractivity contribution in [2.24, 2.45) is 0 Å². The molecule has 1 aliphatic rings. The molecule has 0 saturated carbocycles. The van der Waals surface area contributed by atoms with Crippen molar-refractivity contribution in [3.05, 3.63) is 22.7 Å². The lowest BCUT2D eigenvalue weighted by Gasteiger charge is -2.18. The summed E-state index contributed by atoms with van der Waals surface area (Å²) < 4.78 is 29.3. The average molecular weight is 338 g/mol. The number of methoxy groups -OCH3 is 1. The maximum absolute atomic E-state index is 11.9. The molecule has 0 radical (unpaired) electrons. The molecule has 1 fully saturated rings. The van der Waals surface area contributed by atoms with E-state index in [1.807, 2.05) is 0 Å². The maximum atomic E-state index is 11.9. The molecule has 0 atom stereocenters. The Morgan fingerprint density at radius 2 is 2.05 bits per heavy atom. The maximum Gasteiger partial charge on any atom is 0.256 e. The van der Waals surface area contributed by atoms with Gasteiger partial charge in [-0.05, 0) is 17.7 Å². The molecule has 9 heteroatoms. The number of anilines is 1. The number of hydrogen-bond donors (Lipinski definition) is 0. The highest BCUT2D eigenvalue weighted by molar-refractivity contribution is 7.94. The largest absolute Gasteiger partial charge is 0.496 e. The number of nitrogens with zero attached hydrogens (tertiary/aromatic N) is 1. The Bertz CT molecular complexity index is 701. The van der Waals surface area contributed by atoms with E-state index in [-0.39, 0.29) is 34.2 Å². The van der Waals surface area contributed by atoms with Crippen LogP contribution in [0.1, 0.15) is 16.8 Å². The first kappa shape index (κ1) is 15.1. The Morgan fingerprint density at radius 3 is 2.50 bits per heavy atom. The highest BCUT2D eigenvalue weighted by atomic mass is 35.5. The molecule has 1 heterocycles. The Morgan fingerprint density at radius 1 is 1.40 bits per heavy atom. The number of sulfonamides is 1. The minimum Gasteiger partial charge on any atom is -0.496 e. The summed E-state index contributed by atoms with van der Waals surface area (Å²) >= 11 is 11.3. The van der Waals surface area contributed by atoms with Crippen LogP contribution in [-0.4, -0.2) is 32.4 Å². The molecular weight excluding hydrogens is 329 g/mol. The first-order valence-electron chi connectivity index (χ1n) is 5.41. The normalized spacial score (nSPS) is 17.4. The minimum absolute atomic E-state index is 0.00744. The second-order valence-corrected chi connectivity index (χ2v) is 6.69. The summed E-state index contributed by atoms with van der Waals surface area (Å²) in [6.45, 7) is 0. The Labute approximate surface area is 125 Å². The lowest BCUT2D eigenvalue weighted by atomic mass is 10.2. The van der Waals surface area contributed by atoms with Crippen molar-refractivity contribution >= 4 is 50.1 Å². The number of benzene rings is 1. The van der Waals surface area contributed by atoms with Crippen molar-refractivity contribution in [3.63, 3.8) is 0 Å². The van der Waals surface area contributed by atoms with Crippen LogP contribution in [0.2, 0.25) is 5.02 Å². The van der Waals surface area contributed by atoms with Crippen LogP contribution in [0.5, 0.6) is 5.75 Å². The van der Waals surface area contributed by atoms with Gasteiger partial charge in [0.15, 0.2) is 0 Å². The van der Waals surface area contributed by atoms with Crippen LogP contribution in [0.4, 0.5) is 5.69 Å². The van der Waals surface area contributed by atoms with Crippen molar-refractivity contribution in [1.82, 2.24) is 0 Å². The third kappa shape index (κ3) is 2.48. The topological polar surface area (TPSA) is 80.8 Å². The lowest BCUT2D eigenvalue weighted by Crippen LogP contribution is -2.29. The number of halogens is 2. The zero-order valence-electron chi connectivity index (χ0n) is 10.2. The zero-order valence-corrected chi connectivity index (χ0v) is 12.5. The van der Waals surface area contributed by atoms with Gasteiger partial charge in [0.05, 0.1) is 29.1 Å². The number of rotatable bonds is 3. The van der Waals surface area contributed by atoms with Crippen molar-refractivity contribution < 1.29 is 22.7 Å². The van der Waals surface area contributed by atoms with Gasteiger partial charge in [0.1, 0.15) is 5.75 Å². The van der Waals surface area contributed by atoms with E-state index in [4.69, 9.17) is 27.9 Å². The number of carbonyl (C=O) groups is 2. The number of carbonyl (C=O) groups excluding carboxylic acids is 2. The van der Waals surface area contributed by atoms with Crippen LogP contribution in [0.3, 0.4) is 0 Å². The van der Waals surface area contributed by atoms with Crippen molar-refractivity contribution in [2.45, 2.75) is 6.42 Å². The van der Waals surface area contributed by atoms with Gasteiger partial charge in [-0.15, -0.1) is 0 Å². The van der Waals surface area contributed by atoms with E-state index in [0.29, 0.717) is 4.31 Å². The zero-order chi connectivity index (χ0) is 15.1. The summed E-state index contributed by atoms with van der Waals surface area (Å²) in [7, 11) is -2.46. The van der Waals surface area contributed by atoms with Crippen LogP contribution < -0.4 is 9.04 Å². The fraction of sp³-hybridized carbons (Fsp3) is 0.273. The van der Waals surface area contributed by atoms with Crippen molar-refractivity contribution in [2.75, 3.05) is 17.2 Å². The molecule has 20 heavy (non-hydrogen) atoms. The molecule has 1 aromatic carbocycles. The minimum atomic E-state index is -3.74. The summed E-state index contributed by atoms with van der Waals surface area (Å²) in [5.41, 5.74) is -0.0559. The molecule has 0 bridgehead atoms. The van der Waals surface area contributed by atoms with Crippen molar-refractivity contribution in [3.8, 4) is 5.75 Å². The second-order valence-electron chi connectivity index (χ2n) is 4.00. The van der Waals surface area contributed by atoms with Crippen LogP contribution in [0.15, 0.2) is 12.1 Å². The average Bonchev–Trinajstić information content (AvgIpc) is 2.63. The Hall–Kier alpha value is -1.31. The number of amides is 1. The van der Waals surface area contributed by atoms with E-state index < -0.39 is 21.2 Å². The van der Waals surface area contributed by atoms with E-state index in [1.165, 1.54) is 19.2 Å². The van der Waals surface area contributed by atoms with Gasteiger partial charge in [0.25, 0.3) is 5.24 Å². The van der Waals surface area contributed by atoms with Gasteiger partial charge in [0.2, 0.25) is 15.9 Å². The Kier molecular flexibility index (Phi) is 3.95. The monoisotopic (exact) mass is 337 g/mol. The van der Waals surface area contributed by atoms with Crippen LogP contribution in [-0.2, 0) is 14.8 Å². The van der Waals surface area contributed by atoms with Gasteiger partial charge in [-0.1, -0.05) is 11.6 Å². The molecule has 108 valence electrons. The highest BCUT2D eigenvalue weighted by Crippen LogP contribution is 2.37. The molecule has 0 N–H and O–H groups in total. The summed E-state index contributed by atoms with van der Waals surface area (Å²) in [6.07, 6.45) is -0.114. The van der Waals surface area contributed by atoms with Gasteiger partial charge < -0.3 is 4.74 Å². The third-order valence-electron chi connectivity index (χ3n) is 2.78. The first-order chi connectivity index (χ1) is 9.27. The lowest BCUT2D eigenvalue weighted by molar-refractivity contribution is -0.116. The number of ether oxygens (including phenoxy) is 1. The van der Waals surface area contributed by atoms with Gasteiger partial charge >= 0.3 is 0 Å². The smallest absolute Gasteiger partial charge is 0.256 e. The predicted molar refractivity (Wildman–Crippen MR) is 74.1 cm³/mol. The summed E-state index contributed by atoms with van der Waals surface area (Å²) in [5.74, 6) is -0.820. The molecule has 0 aliphatic carbocycles. The van der Waals surface area contributed by atoms with Gasteiger partial charge in [0, 0.05) is 12.5 Å². The molecule has 0 unspecified atom stereocenters. The molecule has 1 aliphatic heterocycles. The van der Waals surface area contributed by atoms with Gasteiger partial charge in [-0.3, -0.25) is 9.59 Å². The second kappa shape index (κ2) is 5.23. The van der Waals surface area contributed by atoms with Crippen molar-refractivity contribution in [1.29, 1.82) is 0 Å². The van der Waals surface area contributed by atoms with Crippen LogP contribution >= 0.6 is 23.2 Å². The fourth-order valence-corrected chi connectivity index (χ4v) is 3.78. The molecule has 6 nitrogen and oxygen atoms in total. The van der Waals surface area contributed by atoms with Gasteiger partial charge in [-0.25, -0.2) is 12.7 Å². The van der Waals surface area contributed by atoms with E-state index in [0.717, 1.165) is 0 Å². The summed E-state index contributed by atoms with van der Waals surface area (Å²) in [6, 6.07) is 2.38. The SMILES string of the molecule is COc1cc(N2C(=O)CCS2(=O)=O)c(Cl)cc1C(=O)Cl. The first-order valence-corrected chi connectivity index (χ1v) is 7.77. The predicted octanol–water partition coefficient (Wildman–Crippen LogP) is 1.79. The van der Waals surface area contributed by atoms with Crippen LogP contribution in [0.25, 0.3) is 0 Å². The van der Waals surface area contributed by atoms with Gasteiger partial charge in [-0.2, -0.15) is 0 Å². The highest BCUT2D eigenvalue weighted by Gasteiger charge is 2.38. The molecular formula is C11H9Cl2NO5S. The quantitative estimate of drug-likeness (QED) is 0.785. The van der Waals surface area contributed by atoms with E-state index in [9.17, 15) is 18.0 Å². The molecule has 2 rings (SSSR count). The molecule has 1 aromatic rings. The summed E-state index contributed by atoms with van der Waals surface area (Å²) in [4.78, 5) is 22.9. The van der Waals surface area contributed by atoms with E-state index in [1.54, 1.807) is 0 Å². The molecule has 0 spiro atoms. The molecule has 1 saturated heterocycles. The standard InChI is InChI=1S/C11H9Cl2NO5S/c1-19-9-5-8(7(12)4-6(9)11(13)16)14-10(15)2-3-20(14,17)18/h4-5H,2-3H2,1H3. The fourth-order valence-electron chi connectivity index (χ4n) is 1.87. The van der Waals surface area contributed by atoms with E-state index >= 15 is 0 Å². The Balaban J connectivity index is 2.64. The van der Waals surface area contributed by atoms with Crippen LogP contribution in [0, 0.1) is 0 Å². The molecule has 1 amide bonds. The summed E-state index contributed by atoms with van der Waals surface area (Å²) in [5, 5.41) is -0.875.